The molecule has 1 heterocycles. The third kappa shape index (κ3) is 3.73. The van der Waals surface area contributed by atoms with E-state index in [1.807, 2.05) is 36.4 Å². The number of halogens is 2. The molecule has 1 fully saturated rings. The lowest BCUT2D eigenvalue weighted by Crippen LogP contribution is -2.50. The summed E-state index contributed by atoms with van der Waals surface area (Å²) in [7, 11) is -3.81. The maximum absolute atomic E-state index is 13.4. The summed E-state index contributed by atoms with van der Waals surface area (Å²) in [6, 6.07) is 16.6. The Kier molecular flexibility index (Phi) is 5.29. The van der Waals surface area contributed by atoms with Gasteiger partial charge in [-0.25, -0.2) is 12.8 Å². The zero-order chi connectivity index (χ0) is 20.6. The average Bonchev–Trinajstić information content (AvgIpc) is 2.74. The summed E-state index contributed by atoms with van der Waals surface area (Å²) < 4.78 is 40.3. The van der Waals surface area contributed by atoms with E-state index in [-0.39, 0.29) is 42.0 Å². The number of benzene rings is 3. The number of carbonyl (C=O) groups excluding carboxylic acids is 1. The molecule has 3 aromatic carbocycles. The third-order valence-corrected chi connectivity index (χ3v) is 7.26. The van der Waals surface area contributed by atoms with Gasteiger partial charge in [0, 0.05) is 31.7 Å². The van der Waals surface area contributed by atoms with E-state index in [0.717, 1.165) is 22.9 Å². The Morgan fingerprint density at radius 1 is 0.931 bits per heavy atom. The molecular formula is C21H18ClFN2O3S. The highest BCUT2D eigenvalue weighted by molar-refractivity contribution is 7.89. The van der Waals surface area contributed by atoms with Crippen molar-refractivity contribution in [1.82, 2.24) is 9.21 Å². The second-order valence-electron chi connectivity index (χ2n) is 6.80. The van der Waals surface area contributed by atoms with Crippen LogP contribution in [0.1, 0.15) is 10.4 Å². The molecule has 1 saturated heterocycles. The van der Waals surface area contributed by atoms with Crippen LogP contribution in [-0.4, -0.2) is 49.7 Å². The molecule has 8 heteroatoms. The summed E-state index contributed by atoms with van der Waals surface area (Å²) in [5, 5.41) is 1.61. The Morgan fingerprint density at radius 2 is 1.62 bits per heavy atom. The number of amides is 1. The normalized spacial score (nSPS) is 15.6. The quantitative estimate of drug-likeness (QED) is 0.633. The lowest BCUT2D eigenvalue weighted by atomic mass is 10.0. The summed E-state index contributed by atoms with van der Waals surface area (Å²) >= 11 is 5.73. The maximum Gasteiger partial charge on any atom is 0.254 e. The molecule has 0 aromatic heterocycles. The Morgan fingerprint density at radius 3 is 2.34 bits per heavy atom. The molecule has 3 aromatic rings. The van der Waals surface area contributed by atoms with Gasteiger partial charge in [-0.3, -0.25) is 4.79 Å². The summed E-state index contributed by atoms with van der Waals surface area (Å²) in [4.78, 5) is 14.6. The van der Waals surface area contributed by atoms with E-state index in [1.54, 1.807) is 11.0 Å². The van der Waals surface area contributed by atoms with Crippen LogP contribution in [-0.2, 0) is 10.0 Å². The van der Waals surface area contributed by atoms with Crippen molar-refractivity contribution < 1.29 is 17.6 Å². The zero-order valence-corrected chi connectivity index (χ0v) is 17.0. The van der Waals surface area contributed by atoms with Crippen molar-refractivity contribution in [2.45, 2.75) is 4.90 Å². The van der Waals surface area contributed by atoms with Crippen LogP contribution in [0.15, 0.2) is 65.6 Å². The maximum atomic E-state index is 13.4. The minimum atomic E-state index is -3.81. The molecule has 1 aliphatic heterocycles. The van der Waals surface area contributed by atoms with E-state index in [1.165, 1.54) is 10.4 Å². The molecule has 0 radical (unpaired) electrons. The van der Waals surface area contributed by atoms with Crippen molar-refractivity contribution >= 4 is 38.3 Å². The molecule has 0 bridgehead atoms. The molecule has 1 amide bonds. The largest absolute Gasteiger partial charge is 0.336 e. The fraction of sp³-hybridized carbons (Fsp3) is 0.190. The van der Waals surface area contributed by atoms with Gasteiger partial charge in [0.2, 0.25) is 10.0 Å². The van der Waals surface area contributed by atoms with Crippen LogP contribution in [0.3, 0.4) is 0 Å². The molecule has 0 spiro atoms. The Labute approximate surface area is 173 Å². The highest BCUT2D eigenvalue weighted by Crippen LogP contribution is 2.24. The van der Waals surface area contributed by atoms with E-state index in [9.17, 15) is 17.6 Å². The summed E-state index contributed by atoms with van der Waals surface area (Å²) in [5.41, 5.74) is 0.602. The fourth-order valence-electron chi connectivity index (χ4n) is 3.50. The standard InChI is InChI=1S/C21H18ClFN2O3S/c22-19-14-16(8-9-20(19)23)29(27,28)25-12-10-24(11-13-25)21(26)18-7-3-5-15-4-1-2-6-17(15)18/h1-9,14H,10-13H2. The molecule has 29 heavy (non-hydrogen) atoms. The van der Waals surface area contributed by atoms with Gasteiger partial charge < -0.3 is 4.90 Å². The first kappa shape index (κ1) is 19.8. The second-order valence-corrected chi connectivity index (χ2v) is 9.14. The van der Waals surface area contributed by atoms with Crippen LogP contribution >= 0.6 is 11.6 Å². The van der Waals surface area contributed by atoms with Crippen molar-refractivity contribution in [1.29, 1.82) is 0 Å². The Bertz CT molecular complexity index is 1190. The molecule has 0 atom stereocenters. The third-order valence-electron chi connectivity index (χ3n) is 5.07. The minimum Gasteiger partial charge on any atom is -0.336 e. The first-order valence-electron chi connectivity index (χ1n) is 9.10. The van der Waals surface area contributed by atoms with Crippen LogP contribution < -0.4 is 0 Å². The zero-order valence-electron chi connectivity index (χ0n) is 15.4. The predicted octanol–water partition coefficient (Wildman–Crippen LogP) is 3.78. The van der Waals surface area contributed by atoms with Crippen molar-refractivity contribution in [2.75, 3.05) is 26.2 Å². The molecule has 1 aliphatic rings. The topological polar surface area (TPSA) is 57.7 Å². The van der Waals surface area contributed by atoms with Crippen molar-refractivity contribution in [3.8, 4) is 0 Å². The lowest BCUT2D eigenvalue weighted by molar-refractivity contribution is 0.0700. The van der Waals surface area contributed by atoms with Crippen LogP contribution in [0.25, 0.3) is 10.8 Å². The lowest BCUT2D eigenvalue weighted by Gasteiger charge is -2.34. The molecule has 0 aliphatic carbocycles. The molecule has 150 valence electrons. The first-order chi connectivity index (χ1) is 13.9. The van der Waals surface area contributed by atoms with Crippen LogP contribution in [0.4, 0.5) is 4.39 Å². The first-order valence-corrected chi connectivity index (χ1v) is 10.9. The molecule has 0 N–H and O–H groups in total. The van der Waals surface area contributed by atoms with Crippen LogP contribution in [0, 0.1) is 5.82 Å². The van der Waals surface area contributed by atoms with Gasteiger partial charge in [-0.1, -0.05) is 48.0 Å². The van der Waals surface area contributed by atoms with Crippen molar-refractivity contribution in [2.24, 2.45) is 0 Å². The van der Waals surface area contributed by atoms with E-state index < -0.39 is 15.8 Å². The number of sulfonamides is 1. The Balaban J connectivity index is 1.51. The van der Waals surface area contributed by atoms with Gasteiger partial charge >= 0.3 is 0 Å². The summed E-state index contributed by atoms with van der Waals surface area (Å²) in [6.45, 7) is 0.869. The van der Waals surface area contributed by atoms with E-state index in [2.05, 4.69) is 0 Å². The minimum absolute atomic E-state index is 0.0577. The molecule has 5 nitrogen and oxygen atoms in total. The van der Waals surface area contributed by atoms with Crippen LogP contribution in [0.5, 0.6) is 0 Å². The highest BCUT2D eigenvalue weighted by atomic mass is 35.5. The Hall–Kier alpha value is -2.48. The number of rotatable bonds is 3. The summed E-state index contributed by atoms with van der Waals surface area (Å²) in [5.74, 6) is -0.792. The van der Waals surface area contributed by atoms with Crippen molar-refractivity contribution in [3.63, 3.8) is 0 Å². The van der Waals surface area contributed by atoms with E-state index in [4.69, 9.17) is 11.6 Å². The highest BCUT2D eigenvalue weighted by Gasteiger charge is 2.31. The second kappa shape index (κ2) is 7.74. The number of fused-ring (bicyclic) bond motifs is 1. The van der Waals surface area contributed by atoms with Crippen molar-refractivity contribution in [3.05, 3.63) is 77.1 Å². The van der Waals surface area contributed by atoms with E-state index >= 15 is 0 Å². The number of nitrogens with zero attached hydrogens (tertiary/aromatic N) is 2. The smallest absolute Gasteiger partial charge is 0.254 e. The fourth-order valence-corrected chi connectivity index (χ4v) is 5.19. The van der Waals surface area contributed by atoms with Gasteiger partial charge in [0.05, 0.1) is 9.92 Å². The SMILES string of the molecule is O=C(c1cccc2ccccc12)N1CCN(S(=O)(=O)c2ccc(F)c(Cl)c2)CC1. The number of piperazine rings is 1. The number of hydrogen-bond donors (Lipinski definition) is 0. The number of hydrogen-bond acceptors (Lipinski definition) is 3. The average molecular weight is 433 g/mol. The molecule has 0 unspecified atom stereocenters. The molecular weight excluding hydrogens is 415 g/mol. The predicted molar refractivity (Wildman–Crippen MR) is 110 cm³/mol. The molecule has 0 saturated carbocycles. The van der Waals surface area contributed by atoms with Gasteiger partial charge in [0.1, 0.15) is 5.82 Å². The summed E-state index contributed by atoms with van der Waals surface area (Å²) in [6.07, 6.45) is 0. The van der Waals surface area contributed by atoms with Gasteiger partial charge in [-0.05, 0) is 35.0 Å². The molecule has 4 rings (SSSR count). The van der Waals surface area contributed by atoms with Crippen LogP contribution in [0.2, 0.25) is 5.02 Å². The van der Waals surface area contributed by atoms with Gasteiger partial charge in [0.25, 0.3) is 5.91 Å². The van der Waals surface area contributed by atoms with E-state index in [0.29, 0.717) is 5.56 Å². The van der Waals surface area contributed by atoms with Gasteiger partial charge in [0.15, 0.2) is 0 Å². The van der Waals surface area contributed by atoms with Gasteiger partial charge in [-0.15, -0.1) is 0 Å². The number of carbonyl (C=O) groups is 1. The monoisotopic (exact) mass is 432 g/mol. The van der Waals surface area contributed by atoms with Gasteiger partial charge in [-0.2, -0.15) is 4.31 Å².